The van der Waals surface area contributed by atoms with Crippen LogP contribution in [0.3, 0.4) is 0 Å². The van der Waals surface area contributed by atoms with E-state index in [4.69, 9.17) is 11.6 Å². The highest BCUT2D eigenvalue weighted by Crippen LogP contribution is 2.25. The van der Waals surface area contributed by atoms with Crippen LogP contribution in [0.2, 0.25) is 5.02 Å². The Morgan fingerprint density at radius 1 is 1.06 bits per heavy atom. The lowest BCUT2D eigenvalue weighted by molar-refractivity contribution is -0.120. The highest BCUT2D eigenvalue weighted by atomic mass is 35.5. The predicted octanol–water partition coefficient (Wildman–Crippen LogP) is 3.62. The van der Waals surface area contributed by atoms with Crippen LogP contribution in [0.25, 0.3) is 0 Å². The number of carbonyl (C=O) groups excluding carboxylic acids is 1. The molecular weight excluding hydrogens is 436 g/mol. The Kier molecular flexibility index (Phi) is 6.41. The van der Waals surface area contributed by atoms with Gasteiger partial charge in [-0.3, -0.25) is 9.48 Å². The van der Waals surface area contributed by atoms with E-state index in [0.29, 0.717) is 43.2 Å². The van der Waals surface area contributed by atoms with Gasteiger partial charge in [0.05, 0.1) is 23.3 Å². The first-order valence-electron chi connectivity index (χ1n) is 10.1. The number of carbonyl (C=O) groups is 1. The Bertz CT molecular complexity index is 1160. The summed E-state index contributed by atoms with van der Waals surface area (Å²) >= 11 is 6.19. The lowest BCUT2D eigenvalue weighted by Gasteiger charge is -2.30. The zero-order chi connectivity index (χ0) is 21.8. The molecule has 0 unspecified atom stereocenters. The number of aromatic nitrogens is 2. The van der Waals surface area contributed by atoms with Gasteiger partial charge in [0.25, 0.3) is 0 Å². The monoisotopic (exact) mass is 458 g/mol. The van der Waals surface area contributed by atoms with Crippen LogP contribution in [0.15, 0.2) is 71.9 Å². The van der Waals surface area contributed by atoms with Gasteiger partial charge in [0.15, 0.2) is 0 Å². The summed E-state index contributed by atoms with van der Waals surface area (Å²) in [5.74, 6) is -0.358. The Hall–Kier alpha value is -2.68. The Balaban J connectivity index is 1.33. The van der Waals surface area contributed by atoms with Crippen molar-refractivity contribution < 1.29 is 13.2 Å². The first-order chi connectivity index (χ1) is 14.9. The standard InChI is InChI=1S/C22H23ClN4O3S/c23-21-9-5-4-6-18(21)15-26-16-19(14-24-26)25-22(28)17-10-12-27(13-11-17)31(29,30)20-7-2-1-3-8-20/h1-9,14,16-17H,10-13,15H2,(H,25,28). The fourth-order valence-electron chi connectivity index (χ4n) is 3.66. The molecule has 0 radical (unpaired) electrons. The van der Waals surface area contributed by atoms with Gasteiger partial charge in [-0.25, -0.2) is 8.42 Å². The van der Waals surface area contributed by atoms with Gasteiger partial charge in [-0.15, -0.1) is 0 Å². The van der Waals surface area contributed by atoms with Gasteiger partial charge in [-0.05, 0) is 36.6 Å². The molecule has 1 aromatic heterocycles. The molecule has 2 heterocycles. The molecule has 1 N–H and O–H groups in total. The minimum Gasteiger partial charge on any atom is -0.323 e. The van der Waals surface area contributed by atoms with Gasteiger partial charge in [0.2, 0.25) is 15.9 Å². The molecule has 162 valence electrons. The number of sulfonamides is 1. The normalized spacial score (nSPS) is 15.6. The second kappa shape index (κ2) is 9.21. The molecule has 3 aromatic rings. The summed E-state index contributed by atoms with van der Waals surface area (Å²) in [6.07, 6.45) is 4.32. The van der Waals surface area contributed by atoms with E-state index >= 15 is 0 Å². The smallest absolute Gasteiger partial charge is 0.243 e. The first kappa shape index (κ1) is 21.5. The number of rotatable bonds is 6. The number of anilines is 1. The molecule has 0 aliphatic carbocycles. The molecule has 7 nitrogen and oxygen atoms in total. The maximum absolute atomic E-state index is 12.7. The molecule has 9 heteroatoms. The van der Waals surface area contributed by atoms with Gasteiger partial charge in [-0.2, -0.15) is 9.40 Å². The van der Waals surface area contributed by atoms with E-state index in [9.17, 15) is 13.2 Å². The van der Waals surface area contributed by atoms with Crippen molar-refractivity contribution in [3.63, 3.8) is 0 Å². The summed E-state index contributed by atoms with van der Waals surface area (Å²) in [5, 5.41) is 7.85. The maximum Gasteiger partial charge on any atom is 0.243 e. The van der Waals surface area contributed by atoms with Crippen molar-refractivity contribution in [1.82, 2.24) is 14.1 Å². The van der Waals surface area contributed by atoms with Crippen LogP contribution in [0.4, 0.5) is 5.69 Å². The summed E-state index contributed by atoms with van der Waals surface area (Å²) in [6, 6.07) is 15.9. The van der Waals surface area contributed by atoms with Gasteiger partial charge in [-0.1, -0.05) is 48.0 Å². The molecular formula is C22H23ClN4O3S. The van der Waals surface area contributed by atoms with Crippen LogP contribution < -0.4 is 5.32 Å². The average Bonchev–Trinajstić information content (AvgIpc) is 3.23. The van der Waals surface area contributed by atoms with Crippen LogP contribution in [0.1, 0.15) is 18.4 Å². The van der Waals surface area contributed by atoms with Gasteiger partial charge < -0.3 is 5.32 Å². The van der Waals surface area contributed by atoms with Gasteiger partial charge in [0.1, 0.15) is 0 Å². The van der Waals surface area contributed by atoms with E-state index < -0.39 is 10.0 Å². The fraction of sp³-hybridized carbons (Fsp3) is 0.273. The lowest BCUT2D eigenvalue weighted by Crippen LogP contribution is -2.41. The molecule has 2 aromatic carbocycles. The summed E-state index contributed by atoms with van der Waals surface area (Å²) in [4.78, 5) is 13.0. The Morgan fingerprint density at radius 2 is 1.74 bits per heavy atom. The second-order valence-electron chi connectivity index (χ2n) is 7.50. The molecule has 0 spiro atoms. The molecule has 0 atom stereocenters. The molecule has 0 saturated carbocycles. The molecule has 1 aliphatic heterocycles. The van der Waals surface area contributed by atoms with Crippen molar-refractivity contribution >= 4 is 33.2 Å². The maximum atomic E-state index is 12.7. The summed E-state index contributed by atoms with van der Waals surface area (Å²) in [7, 11) is -3.52. The summed E-state index contributed by atoms with van der Waals surface area (Å²) in [6.45, 7) is 1.15. The summed E-state index contributed by atoms with van der Waals surface area (Å²) in [5.41, 5.74) is 1.55. The molecule has 1 aliphatic rings. The quantitative estimate of drug-likeness (QED) is 0.611. The molecule has 31 heavy (non-hydrogen) atoms. The van der Waals surface area contributed by atoms with Crippen molar-refractivity contribution in [2.75, 3.05) is 18.4 Å². The van der Waals surface area contributed by atoms with E-state index in [1.54, 1.807) is 47.4 Å². The fourth-order valence-corrected chi connectivity index (χ4v) is 5.35. The minimum absolute atomic E-state index is 0.117. The minimum atomic E-state index is -3.52. The third-order valence-electron chi connectivity index (χ3n) is 5.40. The molecule has 1 saturated heterocycles. The first-order valence-corrected chi connectivity index (χ1v) is 11.9. The highest BCUT2D eigenvalue weighted by molar-refractivity contribution is 7.89. The van der Waals surface area contributed by atoms with Crippen LogP contribution >= 0.6 is 11.6 Å². The predicted molar refractivity (Wildman–Crippen MR) is 119 cm³/mol. The van der Waals surface area contributed by atoms with Gasteiger partial charge >= 0.3 is 0 Å². The zero-order valence-corrected chi connectivity index (χ0v) is 18.4. The number of hydrogen-bond acceptors (Lipinski definition) is 4. The van der Waals surface area contributed by atoms with E-state index in [1.807, 2.05) is 24.3 Å². The third kappa shape index (κ3) is 4.98. The molecule has 0 bridgehead atoms. The largest absolute Gasteiger partial charge is 0.323 e. The second-order valence-corrected chi connectivity index (χ2v) is 9.84. The van der Waals surface area contributed by atoms with E-state index in [0.717, 1.165) is 5.56 Å². The Labute approximate surface area is 186 Å². The van der Waals surface area contributed by atoms with Gasteiger partial charge in [0, 0.05) is 30.2 Å². The van der Waals surface area contributed by atoms with E-state index in [2.05, 4.69) is 10.4 Å². The number of nitrogens with zero attached hydrogens (tertiary/aromatic N) is 3. The SMILES string of the molecule is O=C(Nc1cnn(Cc2ccccc2Cl)c1)C1CCN(S(=O)(=O)c2ccccc2)CC1. The van der Waals surface area contributed by atoms with Crippen molar-refractivity contribution in [3.05, 3.63) is 77.6 Å². The molecule has 1 amide bonds. The van der Waals surface area contributed by atoms with Crippen molar-refractivity contribution in [2.24, 2.45) is 5.92 Å². The van der Waals surface area contributed by atoms with Crippen LogP contribution in [0.5, 0.6) is 0 Å². The number of halogens is 1. The lowest BCUT2D eigenvalue weighted by atomic mass is 9.97. The number of benzene rings is 2. The highest BCUT2D eigenvalue weighted by Gasteiger charge is 2.32. The zero-order valence-electron chi connectivity index (χ0n) is 16.8. The Morgan fingerprint density at radius 3 is 2.45 bits per heavy atom. The van der Waals surface area contributed by atoms with Crippen LogP contribution in [0, 0.1) is 5.92 Å². The average molecular weight is 459 g/mol. The topological polar surface area (TPSA) is 84.3 Å². The van der Waals surface area contributed by atoms with Crippen LogP contribution in [-0.2, 0) is 21.4 Å². The number of nitrogens with one attached hydrogen (secondary N) is 1. The number of amides is 1. The van der Waals surface area contributed by atoms with E-state index in [1.165, 1.54) is 4.31 Å². The van der Waals surface area contributed by atoms with E-state index in [-0.39, 0.29) is 16.7 Å². The molecule has 4 rings (SSSR count). The summed E-state index contributed by atoms with van der Waals surface area (Å²) < 4.78 is 28.6. The van der Waals surface area contributed by atoms with Crippen molar-refractivity contribution in [1.29, 1.82) is 0 Å². The van der Waals surface area contributed by atoms with Crippen LogP contribution in [-0.4, -0.2) is 41.5 Å². The molecule has 1 fully saturated rings. The third-order valence-corrected chi connectivity index (χ3v) is 7.68. The number of piperidine rings is 1. The van der Waals surface area contributed by atoms with Crippen molar-refractivity contribution in [2.45, 2.75) is 24.3 Å². The number of hydrogen-bond donors (Lipinski definition) is 1. The van der Waals surface area contributed by atoms with Crippen molar-refractivity contribution in [3.8, 4) is 0 Å².